The van der Waals surface area contributed by atoms with Crippen molar-refractivity contribution >= 4 is 11.9 Å². The number of carbonyl (C=O) groups is 2. The lowest BCUT2D eigenvalue weighted by atomic mass is 9.68. The molecule has 19 heavy (non-hydrogen) atoms. The molecule has 0 spiro atoms. The van der Waals surface area contributed by atoms with E-state index in [1.807, 2.05) is 24.3 Å². The molecule has 0 heterocycles. The van der Waals surface area contributed by atoms with Gasteiger partial charge in [0.1, 0.15) is 0 Å². The highest BCUT2D eigenvalue weighted by Gasteiger charge is 2.41. The van der Waals surface area contributed by atoms with Crippen LogP contribution >= 0.6 is 0 Å². The van der Waals surface area contributed by atoms with E-state index in [4.69, 9.17) is 5.11 Å². The van der Waals surface area contributed by atoms with Crippen LogP contribution in [0.15, 0.2) is 36.9 Å². The second kappa shape index (κ2) is 5.26. The summed E-state index contributed by atoms with van der Waals surface area (Å²) in [7, 11) is 0. The van der Waals surface area contributed by atoms with E-state index >= 15 is 0 Å². The van der Waals surface area contributed by atoms with Crippen molar-refractivity contribution in [2.24, 2.45) is 5.41 Å². The Labute approximate surface area is 112 Å². The molecule has 0 radical (unpaired) electrons. The van der Waals surface area contributed by atoms with Crippen molar-refractivity contribution in [2.45, 2.75) is 19.3 Å². The van der Waals surface area contributed by atoms with Gasteiger partial charge in [0, 0.05) is 12.1 Å². The van der Waals surface area contributed by atoms with Gasteiger partial charge in [0.2, 0.25) is 0 Å². The SMILES string of the molecule is C=CCC1(CNC(=O)O)CCc2ccccc2C1=O. The molecule has 1 amide bonds. The number of aryl methyl sites for hydroxylation is 1. The van der Waals surface area contributed by atoms with E-state index in [1.165, 1.54) is 0 Å². The molecule has 1 atom stereocenters. The van der Waals surface area contributed by atoms with Gasteiger partial charge in [-0.1, -0.05) is 30.3 Å². The molecule has 1 aromatic carbocycles. The summed E-state index contributed by atoms with van der Waals surface area (Å²) in [5.41, 5.74) is 1.07. The number of nitrogens with one attached hydrogen (secondary N) is 1. The van der Waals surface area contributed by atoms with Gasteiger partial charge in [0.25, 0.3) is 0 Å². The molecular formula is C15H17NO3. The Hall–Kier alpha value is -2.10. The van der Waals surface area contributed by atoms with Gasteiger partial charge in [0.05, 0.1) is 5.41 Å². The molecule has 0 bridgehead atoms. The fraction of sp³-hybridized carbons (Fsp3) is 0.333. The van der Waals surface area contributed by atoms with Crippen LogP contribution in [0, 0.1) is 5.41 Å². The first-order valence-electron chi connectivity index (χ1n) is 6.29. The van der Waals surface area contributed by atoms with Gasteiger partial charge in [-0.3, -0.25) is 4.79 Å². The van der Waals surface area contributed by atoms with Crippen molar-refractivity contribution in [3.8, 4) is 0 Å². The van der Waals surface area contributed by atoms with Gasteiger partial charge in [-0.2, -0.15) is 0 Å². The number of hydrogen-bond donors (Lipinski definition) is 2. The molecule has 0 aromatic heterocycles. The highest BCUT2D eigenvalue weighted by atomic mass is 16.4. The number of benzene rings is 1. The summed E-state index contributed by atoms with van der Waals surface area (Å²) in [5.74, 6) is 0.0167. The van der Waals surface area contributed by atoms with Crippen molar-refractivity contribution in [3.05, 3.63) is 48.0 Å². The highest BCUT2D eigenvalue weighted by Crippen LogP contribution is 2.38. The molecule has 1 unspecified atom stereocenters. The second-order valence-electron chi connectivity index (χ2n) is 4.92. The van der Waals surface area contributed by atoms with Crippen molar-refractivity contribution in [1.29, 1.82) is 0 Å². The van der Waals surface area contributed by atoms with Gasteiger partial charge in [-0.05, 0) is 24.8 Å². The maximum Gasteiger partial charge on any atom is 0.404 e. The zero-order valence-electron chi connectivity index (χ0n) is 10.7. The molecule has 4 heteroatoms. The van der Waals surface area contributed by atoms with Gasteiger partial charge >= 0.3 is 6.09 Å². The number of hydrogen-bond acceptors (Lipinski definition) is 2. The number of allylic oxidation sites excluding steroid dienone is 1. The lowest BCUT2D eigenvalue weighted by molar-refractivity contribution is 0.0757. The van der Waals surface area contributed by atoms with E-state index in [1.54, 1.807) is 6.08 Å². The number of Topliss-reactive ketones (excluding diaryl/α,β-unsaturated/α-hetero) is 1. The molecule has 0 saturated heterocycles. The normalized spacial score (nSPS) is 21.6. The summed E-state index contributed by atoms with van der Waals surface area (Å²) in [4.78, 5) is 23.4. The van der Waals surface area contributed by atoms with Crippen LogP contribution in [0.2, 0.25) is 0 Å². The van der Waals surface area contributed by atoms with Crippen molar-refractivity contribution in [3.63, 3.8) is 0 Å². The van der Waals surface area contributed by atoms with E-state index in [2.05, 4.69) is 11.9 Å². The molecule has 100 valence electrons. The first kappa shape index (κ1) is 13.3. The molecule has 0 fully saturated rings. The average molecular weight is 259 g/mol. The van der Waals surface area contributed by atoms with E-state index in [0.717, 1.165) is 12.0 Å². The summed E-state index contributed by atoms with van der Waals surface area (Å²) < 4.78 is 0. The van der Waals surface area contributed by atoms with Gasteiger partial charge in [-0.15, -0.1) is 6.58 Å². The van der Waals surface area contributed by atoms with E-state index in [0.29, 0.717) is 18.4 Å². The third-order valence-electron chi connectivity index (χ3n) is 3.73. The molecule has 0 saturated carbocycles. The van der Waals surface area contributed by atoms with E-state index in [-0.39, 0.29) is 12.3 Å². The Morgan fingerprint density at radius 3 is 2.89 bits per heavy atom. The topological polar surface area (TPSA) is 66.4 Å². The second-order valence-corrected chi connectivity index (χ2v) is 4.92. The van der Waals surface area contributed by atoms with Crippen LogP contribution in [0.4, 0.5) is 4.79 Å². The predicted octanol–water partition coefficient (Wildman–Crippen LogP) is 2.65. The van der Waals surface area contributed by atoms with Crippen LogP contribution in [-0.4, -0.2) is 23.5 Å². The van der Waals surface area contributed by atoms with Crippen LogP contribution in [0.5, 0.6) is 0 Å². The molecular weight excluding hydrogens is 242 g/mol. The molecule has 1 aromatic rings. The fourth-order valence-electron chi connectivity index (χ4n) is 2.69. The Bertz CT molecular complexity index is 524. The first-order valence-corrected chi connectivity index (χ1v) is 6.29. The molecule has 2 rings (SSSR count). The summed E-state index contributed by atoms with van der Waals surface area (Å²) in [6.45, 7) is 3.83. The smallest absolute Gasteiger partial charge is 0.404 e. The fourth-order valence-corrected chi connectivity index (χ4v) is 2.69. The van der Waals surface area contributed by atoms with Crippen LogP contribution in [0.25, 0.3) is 0 Å². The Balaban J connectivity index is 2.33. The zero-order chi connectivity index (χ0) is 13.9. The van der Waals surface area contributed by atoms with Gasteiger partial charge in [0.15, 0.2) is 5.78 Å². The summed E-state index contributed by atoms with van der Waals surface area (Å²) in [6.07, 6.45) is 2.51. The molecule has 4 nitrogen and oxygen atoms in total. The summed E-state index contributed by atoms with van der Waals surface area (Å²) >= 11 is 0. The molecule has 1 aliphatic rings. The van der Waals surface area contributed by atoms with Crippen molar-refractivity contribution in [2.75, 3.05) is 6.54 Å². The number of carbonyl (C=O) groups excluding carboxylic acids is 1. The minimum Gasteiger partial charge on any atom is -0.465 e. The first-order chi connectivity index (χ1) is 9.09. The van der Waals surface area contributed by atoms with Gasteiger partial charge in [-0.25, -0.2) is 4.79 Å². The quantitative estimate of drug-likeness (QED) is 0.817. The van der Waals surface area contributed by atoms with Crippen LogP contribution in [-0.2, 0) is 6.42 Å². The third-order valence-corrected chi connectivity index (χ3v) is 3.73. The van der Waals surface area contributed by atoms with Crippen molar-refractivity contribution < 1.29 is 14.7 Å². The van der Waals surface area contributed by atoms with E-state index in [9.17, 15) is 9.59 Å². The Morgan fingerprint density at radius 1 is 1.47 bits per heavy atom. The average Bonchev–Trinajstić information content (AvgIpc) is 2.41. The number of ketones is 1. The van der Waals surface area contributed by atoms with E-state index < -0.39 is 11.5 Å². The summed E-state index contributed by atoms with van der Waals surface area (Å²) in [6, 6.07) is 7.53. The van der Waals surface area contributed by atoms with Gasteiger partial charge < -0.3 is 10.4 Å². The largest absolute Gasteiger partial charge is 0.465 e. The number of fused-ring (bicyclic) bond motifs is 1. The standard InChI is InChI=1S/C15H17NO3/c1-2-8-15(10-16-14(18)19)9-7-11-5-3-4-6-12(11)13(15)17/h2-6,16H,1,7-10H2,(H,18,19). The highest BCUT2D eigenvalue weighted by molar-refractivity contribution is 6.03. The maximum atomic E-state index is 12.7. The molecule has 1 aliphatic carbocycles. The lowest BCUT2D eigenvalue weighted by Crippen LogP contribution is -2.45. The Kier molecular flexibility index (Phi) is 3.69. The number of carboxylic acid groups (broad SMARTS) is 1. The number of rotatable bonds is 4. The predicted molar refractivity (Wildman–Crippen MR) is 72.4 cm³/mol. The molecule has 2 N–H and O–H groups in total. The summed E-state index contributed by atoms with van der Waals surface area (Å²) in [5, 5.41) is 11.1. The van der Waals surface area contributed by atoms with Crippen LogP contribution in [0.3, 0.4) is 0 Å². The minimum absolute atomic E-state index is 0.0167. The zero-order valence-corrected chi connectivity index (χ0v) is 10.7. The van der Waals surface area contributed by atoms with Crippen molar-refractivity contribution in [1.82, 2.24) is 5.32 Å². The van der Waals surface area contributed by atoms with Crippen LogP contribution in [0.1, 0.15) is 28.8 Å². The lowest BCUT2D eigenvalue weighted by Gasteiger charge is -2.35. The third kappa shape index (κ3) is 2.52. The number of amides is 1. The minimum atomic E-state index is -1.10. The monoisotopic (exact) mass is 259 g/mol. The molecule has 0 aliphatic heterocycles. The maximum absolute atomic E-state index is 12.7. The Morgan fingerprint density at radius 2 is 2.21 bits per heavy atom. The van der Waals surface area contributed by atoms with Crippen LogP contribution < -0.4 is 5.32 Å².